The molecule has 5 heteroatoms. The molecule has 0 aliphatic rings. The average Bonchev–Trinajstić information content (AvgIpc) is 2.26. The lowest BCUT2D eigenvalue weighted by atomic mass is 10.3. The number of rotatable bonds is 8. The Hall–Kier alpha value is -0.650. The van der Waals surface area contributed by atoms with Crippen molar-refractivity contribution in [2.24, 2.45) is 0 Å². The molecular weight excluding hydrogens is 291 g/mol. The van der Waals surface area contributed by atoms with Crippen molar-refractivity contribution < 1.29 is 18.6 Å². The fourth-order valence-electron chi connectivity index (χ4n) is 1.21. The minimum absolute atomic E-state index is 0.314. The quantitative estimate of drug-likeness (QED) is 0.691. The first kappa shape index (κ1) is 14.4. The molecule has 0 amide bonds. The van der Waals surface area contributed by atoms with Crippen LogP contribution in [0.1, 0.15) is 6.42 Å². The number of benzene rings is 1. The van der Waals surface area contributed by atoms with Crippen LogP contribution in [0.25, 0.3) is 0 Å². The summed E-state index contributed by atoms with van der Waals surface area (Å²) in [5.74, 6) is 0.208. The van der Waals surface area contributed by atoms with Crippen LogP contribution in [0, 0.1) is 5.82 Å². The number of halogens is 2. The summed E-state index contributed by atoms with van der Waals surface area (Å²) in [6.07, 6.45) is 0.762. The lowest BCUT2D eigenvalue weighted by Gasteiger charge is -2.07. The van der Waals surface area contributed by atoms with Gasteiger partial charge < -0.3 is 14.2 Å². The van der Waals surface area contributed by atoms with Crippen LogP contribution in [-0.2, 0) is 9.47 Å². The molecule has 0 unspecified atom stereocenters. The Labute approximate surface area is 109 Å². The lowest BCUT2D eigenvalue weighted by Crippen LogP contribution is -2.06. The van der Waals surface area contributed by atoms with Crippen molar-refractivity contribution in [2.45, 2.75) is 6.42 Å². The predicted octanol–water partition coefficient (Wildman–Crippen LogP) is 3.02. The van der Waals surface area contributed by atoms with Crippen LogP contribution in [0.4, 0.5) is 4.39 Å². The van der Waals surface area contributed by atoms with Crippen molar-refractivity contribution in [1.82, 2.24) is 0 Å². The number of hydrogen-bond acceptors (Lipinski definition) is 3. The highest BCUT2D eigenvalue weighted by Crippen LogP contribution is 2.20. The van der Waals surface area contributed by atoms with E-state index in [0.717, 1.165) is 6.42 Å². The summed E-state index contributed by atoms with van der Waals surface area (Å²) in [5.41, 5.74) is 0. The third kappa shape index (κ3) is 6.61. The van der Waals surface area contributed by atoms with Crippen molar-refractivity contribution in [2.75, 3.05) is 33.5 Å². The second-order valence-corrected chi connectivity index (χ2v) is 4.33. The molecule has 1 rings (SSSR count). The van der Waals surface area contributed by atoms with Gasteiger partial charge in [0.1, 0.15) is 11.6 Å². The van der Waals surface area contributed by atoms with E-state index in [2.05, 4.69) is 15.9 Å². The molecule has 0 fully saturated rings. The van der Waals surface area contributed by atoms with E-state index >= 15 is 0 Å². The first-order valence-electron chi connectivity index (χ1n) is 5.38. The Kier molecular flexibility index (Phi) is 7.16. The molecule has 0 aliphatic heterocycles. The van der Waals surface area contributed by atoms with Crippen molar-refractivity contribution >= 4 is 15.9 Å². The molecule has 0 bridgehead atoms. The summed E-state index contributed by atoms with van der Waals surface area (Å²) in [5, 5.41) is 0. The van der Waals surface area contributed by atoms with E-state index in [1.54, 1.807) is 13.2 Å². The molecule has 0 aliphatic carbocycles. The van der Waals surface area contributed by atoms with Crippen LogP contribution in [0.15, 0.2) is 22.7 Å². The summed E-state index contributed by atoms with van der Waals surface area (Å²) in [4.78, 5) is 0. The number of ether oxygens (including phenoxy) is 3. The van der Waals surface area contributed by atoms with Gasteiger partial charge in [-0.1, -0.05) is 15.9 Å². The van der Waals surface area contributed by atoms with Crippen molar-refractivity contribution in [3.63, 3.8) is 0 Å². The number of hydrogen-bond donors (Lipinski definition) is 0. The van der Waals surface area contributed by atoms with E-state index in [0.29, 0.717) is 36.6 Å². The van der Waals surface area contributed by atoms with E-state index < -0.39 is 0 Å². The van der Waals surface area contributed by atoms with Crippen LogP contribution in [0.5, 0.6) is 5.75 Å². The van der Waals surface area contributed by atoms with Gasteiger partial charge in [0.15, 0.2) is 0 Å². The molecule has 1 aromatic rings. The zero-order valence-corrected chi connectivity index (χ0v) is 11.3. The highest BCUT2D eigenvalue weighted by atomic mass is 79.9. The van der Waals surface area contributed by atoms with Gasteiger partial charge in [0, 0.05) is 30.7 Å². The van der Waals surface area contributed by atoms with Gasteiger partial charge in [-0.3, -0.25) is 0 Å². The maximum Gasteiger partial charge on any atom is 0.128 e. The van der Waals surface area contributed by atoms with Gasteiger partial charge >= 0.3 is 0 Å². The predicted molar refractivity (Wildman–Crippen MR) is 66.9 cm³/mol. The second kappa shape index (κ2) is 8.44. The zero-order chi connectivity index (χ0) is 12.5. The van der Waals surface area contributed by atoms with Crippen LogP contribution >= 0.6 is 15.9 Å². The van der Waals surface area contributed by atoms with E-state index in [9.17, 15) is 4.39 Å². The monoisotopic (exact) mass is 306 g/mol. The first-order valence-corrected chi connectivity index (χ1v) is 6.17. The zero-order valence-electron chi connectivity index (χ0n) is 9.75. The summed E-state index contributed by atoms with van der Waals surface area (Å²) >= 11 is 3.21. The highest BCUT2D eigenvalue weighted by molar-refractivity contribution is 9.10. The van der Waals surface area contributed by atoms with Crippen molar-refractivity contribution in [3.8, 4) is 5.75 Å². The molecule has 0 atom stereocenters. The number of methoxy groups -OCH3 is 1. The third-order valence-electron chi connectivity index (χ3n) is 1.97. The molecule has 0 saturated carbocycles. The highest BCUT2D eigenvalue weighted by Gasteiger charge is 1.99. The lowest BCUT2D eigenvalue weighted by molar-refractivity contribution is 0.0644. The Morgan fingerprint density at radius 3 is 2.65 bits per heavy atom. The molecule has 0 radical (unpaired) electrons. The van der Waals surface area contributed by atoms with Crippen LogP contribution in [-0.4, -0.2) is 33.5 Å². The SMILES string of the molecule is COCCOCCCOc1cc(F)cc(Br)c1. The molecule has 0 aromatic heterocycles. The second-order valence-electron chi connectivity index (χ2n) is 3.41. The van der Waals surface area contributed by atoms with E-state index in [-0.39, 0.29) is 5.82 Å². The van der Waals surface area contributed by atoms with Crippen molar-refractivity contribution in [3.05, 3.63) is 28.5 Å². The molecule has 0 heterocycles. The summed E-state index contributed by atoms with van der Waals surface area (Å²) < 4.78 is 29.2. The van der Waals surface area contributed by atoms with Gasteiger partial charge in [0.2, 0.25) is 0 Å². The molecule has 3 nitrogen and oxygen atoms in total. The van der Waals surface area contributed by atoms with E-state index in [4.69, 9.17) is 14.2 Å². The summed E-state index contributed by atoms with van der Waals surface area (Å²) in [6.45, 7) is 2.29. The summed E-state index contributed by atoms with van der Waals surface area (Å²) in [6, 6.07) is 4.48. The first-order chi connectivity index (χ1) is 8.22. The Bertz CT molecular complexity index is 313. The maximum atomic E-state index is 13.0. The summed E-state index contributed by atoms with van der Waals surface area (Å²) in [7, 11) is 1.63. The van der Waals surface area contributed by atoms with Crippen LogP contribution in [0.3, 0.4) is 0 Å². The van der Waals surface area contributed by atoms with Gasteiger partial charge in [-0.05, 0) is 12.1 Å². The van der Waals surface area contributed by atoms with Gasteiger partial charge in [0.25, 0.3) is 0 Å². The van der Waals surface area contributed by atoms with Crippen LogP contribution < -0.4 is 4.74 Å². The van der Waals surface area contributed by atoms with E-state index in [1.807, 2.05) is 0 Å². The average molecular weight is 307 g/mol. The minimum atomic E-state index is -0.314. The Morgan fingerprint density at radius 1 is 1.12 bits per heavy atom. The van der Waals surface area contributed by atoms with E-state index in [1.165, 1.54) is 12.1 Å². The fraction of sp³-hybridized carbons (Fsp3) is 0.500. The maximum absolute atomic E-state index is 13.0. The van der Waals surface area contributed by atoms with Gasteiger partial charge in [-0.25, -0.2) is 4.39 Å². The smallest absolute Gasteiger partial charge is 0.128 e. The van der Waals surface area contributed by atoms with Gasteiger partial charge in [0.05, 0.1) is 19.8 Å². The molecular formula is C12H16BrFO3. The van der Waals surface area contributed by atoms with Gasteiger partial charge in [-0.2, -0.15) is 0 Å². The molecule has 17 heavy (non-hydrogen) atoms. The standard InChI is InChI=1S/C12H16BrFO3/c1-15-5-6-16-3-2-4-17-12-8-10(13)7-11(14)9-12/h7-9H,2-6H2,1H3. The largest absolute Gasteiger partial charge is 0.493 e. The molecule has 0 spiro atoms. The molecule has 1 aromatic carbocycles. The topological polar surface area (TPSA) is 27.7 Å². The minimum Gasteiger partial charge on any atom is -0.493 e. The molecule has 96 valence electrons. The molecule has 0 saturated heterocycles. The molecule has 0 N–H and O–H groups in total. The fourth-order valence-corrected chi connectivity index (χ4v) is 1.65. The Morgan fingerprint density at radius 2 is 1.94 bits per heavy atom. The van der Waals surface area contributed by atoms with Crippen molar-refractivity contribution in [1.29, 1.82) is 0 Å². The Balaban J connectivity index is 2.13. The van der Waals surface area contributed by atoms with Gasteiger partial charge in [-0.15, -0.1) is 0 Å². The van der Waals surface area contributed by atoms with Crippen LogP contribution in [0.2, 0.25) is 0 Å². The third-order valence-corrected chi connectivity index (χ3v) is 2.43. The normalized spacial score (nSPS) is 10.5.